The van der Waals surface area contributed by atoms with Gasteiger partial charge >= 0.3 is 0 Å². The van der Waals surface area contributed by atoms with Crippen molar-refractivity contribution >= 4 is 50.7 Å². The van der Waals surface area contributed by atoms with E-state index in [0.717, 1.165) is 22.1 Å². The first-order valence-corrected chi connectivity index (χ1v) is 8.05. The molecule has 0 unspecified atom stereocenters. The standard InChI is InChI=1S/C16H12BrCl2NO/c17-12-3-1-2-11(8-12)15(21)20-13-6-4-10(5-7-13)14-9-16(14,18)19/h1-8,14H,9H2,(H,20,21)/t14-/m0/s1. The van der Waals surface area contributed by atoms with Crippen LogP contribution < -0.4 is 5.32 Å². The highest BCUT2D eigenvalue weighted by atomic mass is 79.9. The Bertz CT molecular complexity index is 685. The largest absolute Gasteiger partial charge is 0.322 e. The lowest BCUT2D eigenvalue weighted by atomic mass is 10.1. The molecule has 3 rings (SSSR count). The average molecular weight is 385 g/mol. The molecule has 0 spiro atoms. The van der Waals surface area contributed by atoms with Crippen molar-refractivity contribution in [1.29, 1.82) is 0 Å². The van der Waals surface area contributed by atoms with Crippen molar-refractivity contribution in [2.75, 3.05) is 5.32 Å². The Hall–Kier alpha value is -1.03. The van der Waals surface area contributed by atoms with Crippen molar-refractivity contribution in [2.45, 2.75) is 16.7 Å². The molecule has 0 radical (unpaired) electrons. The monoisotopic (exact) mass is 383 g/mol. The van der Waals surface area contributed by atoms with Gasteiger partial charge in [0, 0.05) is 21.6 Å². The van der Waals surface area contributed by atoms with Crippen LogP contribution in [0.1, 0.15) is 28.3 Å². The third-order valence-corrected chi connectivity index (χ3v) is 4.81. The predicted octanol–water partition coefficient (Wildman–Crippen LogP) is 5.36. The number of halogens is 3. The fourth-order valence-corrected chi connectivity index (χ4v) is 3.17. The van der Waals surface area contributed by atoms with Crippen LogP contribution in [-0.2, 0) is 0 Å². The zero-order chi connectivity index (χ0) is 15.0. The number of alkyl halides is 2. The fourth-order valence-electron chi connectivity index (χ4n) is 2.21. The highest BCUT2D eigenvalue weighted by Crippen LogP contribution is 2.59. The Kier molecular flexibility index (Phi) is 4.00. The normalized spacial score (nSPS) is 19.1. The Morgan fingerprint density at radius 2 is 1.86 bits per heavy atom. The van der Waals surface area contributed by atoms with Crippen molar-refractivity contribution in [3.63, 3.8) is 0 Å². The lowest BCUT2D eigenvalue weighted by Crippen LogP contribution is -2.11. The van der Waals surface area contributed by atoms with E-state index in [2.05, 4.69) is 21.2 Å². The van der Waals surface area contributed by atoms with Gasteiger partial charge in [0.2, 0.25) is 0 Å². The molecular formula is C16H12BrCl2NO. The number of amides is 1. The fraction of sp³-hybridized carbons (Fsp3) is 0.188. The van der Waals surface area contributed by atoms with E-state index in [-0.39, 0.29) is 11.8 Å². The number of carbonyl (C=O) groups excluding carboxylic acids is 1. The molecule has 1 N–H and O–H groups in total. The molecular weight excluding hydrogens is 373 g/mol. The molecule has 2 nitrogen and oxygen atoms in total. The van der Waals surface area contributed by atoms with E-state index < -0.39 is 4.33 Å². The lowest BCUT2D eigenvalue weighted by molar-refractivity contribution is 0.102. The second-order valence-electron chi connectivity index (χ2n) is 5.10. The van der Waals surface area contributed by atoms with E-state index in [9.17, 15) is 4.79 Å². The molecule has 0 bridgehead atoms. The first-order valence-electron chi connectivity index (χ1n) is 6.50. The van der Waals surface area contributed by atoms with Gasteiger partial charge < -0.3 is 5.32 Å². The molecule has 5 heteroatoms. The molecule has 1 fully saturated rings. The summed E-state index contributed by atoms with van der Waals surface area (Å²) in [6.07, 6.45) is 0.778. The molecule has 1 aliphatic carbocycles. The van der Waals surface area contributed by atoms with Crippen LogP contribution in [0.3, 0.4) is 0 Å². The lowest BCUT2D eigenvalue weighted by Gasteiger charge is -2.07. The van der Waals surface area contributed by atoms with Crippen LogP contribution in [0.15, 0.2) is 53.0 Å². The molecule has 0 heterocycles. The Morgan fingerprint density at radius 1 is 1.19 bits per heavy atom. The zero-order valence-corrected chi connectivity index (χ0v) is 14.0. The number of nitrogens with one attached hydrogen (secondary N) is 1. The number of hydrogen-bond acceptors (Lipinski definition) is 1. The van der Waals surface area contributed by atoms with Gasteiger partial charge in [0.05, 0.1) is 0 Å². The second-order valence-corrected chi connectivity index (χ2v) is 7.56. The van der Waals surface area contributed by atoms with Gasteiger partial charge in [-0.15, -0.1) is 23.2 Å². The van der Waals surface area contributed by atoms with Crippen LogP contribution in [0.2, 0.25) is 0 Å². The van der Waals surface area contributed by atoms with E-state index >= 15 is 0 Å². The van der Waals surface area contributed by atoms with Gasteiger partial charge in [0.1, 0.15) is 4.33 Å². The Balaban J connectivity index is 1.69. The highest BCUT2D eigenvalue weighted by molar-refractivity contribution is 9.10. The Labute approximate surface area is 141 Å². The first-order chi connectivity index (χ1) is 9.95. The SMILES string of the molecule is O=C(Nc1ccc([C@@H]2CC2(Cl)Cl)cc1)c1cccc(Br)c1. The highest BCUT2D eigenvalue weighted by Gasteiger charge is 2.52. The molecule has 1 amide bonds. The molecule has 1 atom stereocenters. The van der Waals surface area contributed by atoms with Gasteiger partial charge in [-0.3, -0.25) is 4.79 Å². The van der Waals surface area contributed by atoms with E-state index in [4.69, 9.17) is 23.2 Å². The number of hydrogen-bond donors (Lipinski definition) is 1. The van der Waals surface area contributed by atoms with E-state index in [1.807, 2.05) is 36.4 Å². The van der Waals surface area contributed by atoms with Gasteiger partial charge in [-0.2, -0.15) is 0 Å². The number of anilines is 1. The maximum atomic E-state index is 12.1. The van der Waals surface area contributed by atoms with Crippen LogP contribution in [0.5, 0.6) is 0 Å². The summed E-state index contributed by atoms with van der Waals surface area (Å²) in [7, 11) is 0. The molecule has 2 aromatic rings. The average Bonchev–Trinajstić information content (AvgIpc) is 3.08. The van der Waals surface area contributed by atoms with Crippen molar-refractivity contribution in [3.8, 4) is 0 Å². The molecule has 1 aliphatic rings. The maximum Gasteiger partial charge on any atom is 0.255 e. The smallest absolute Gasteiger partial charge is 0.255 e. The molecule has 21 heavy (non-hydrogen) atoms. The van der Waals surface area contributed by atoms with E-state index in [1.54, 1.807) is 12.1 Å². The Morgan fingerprint density at radius 3 is 2.43 bits per heavy atom. The molecule has 108 valence electrons. The minimum Gasteiger partial charge on any atom is -0.322 e. The third kappa shape index (κ3) is 3.42. The van der Waals surface area contributed by atoms with Crippen LogP contribution in [0, 0.1) is 0 Å². The summed E-state index contributed by atoms with van der Waals surface area (Å²) >= 11 is 15.5. The van der Waals surface area contributed by atoms with Crippen molar-refractivity contribution in [2.24, 2.45) is 0 Å². The topological polar surface area (TPSA) is 29.1 Å². The van der Waals surface area contributed by atoms with Crippen LogP contribution in [0.4, 0.5) is 5.69 Å². The van der Waals surface area contributed by atoms with Crippen molar-refractivity contribution < 1.29 is 4.79 Å². The number of rotatable bonds is 3. The zero-order valence-electron chi connectivity index (χ0n) is 10.9. The van der Waals surface area contributed by atoms with E-state index in [1.165, 1.54) is 0 Å². The van der Waals surface area contributed by atoms with Crippen LogP contribution in [-0.4, -0.2) is 10.2 Å². The third-order valence-electron chi connectivity index (χ3n) is 3.48. The van der Waals surface area contributed by atoms with Gasteiger partial charge in [-0.25, -0.2) is 0 Å². The minimum atomic E-state index is -0.624. The minimum absolute atomic E-state index is 0.139. The van der Waals surface area contributed by atoms with Gasteiger partial charge in [0.15, 0.2) is 0 Å². The van der Waals surface area contributed by atoms with Gasteiger partial charge in [0.25, 0.3) is 5.91 Å². The summed E-state index contributed by atoms with van der Waals surface area (Å²) in [6.45, 7) is 0. The maximum absolute atomic E-state index is 12.1. The summed E-state index contributed by atoms with van der Waals surface area (Å²) in [5, 5.41) is 2.87. The van der Waals surface area contributed by atoms with Crippen molar-refractivity contribution in [1.82, 2.24) is 0 Å². The summed E-state index contributed by atoms with van der Waals surface area (Å²) in [5.74, 6) is 0.0511. The molecule has 0 aliphatic heterocycles. The number of carbonyl (C=O) groups is 1. The van der Waals surface area contributed by atoms with Crippen LogP contribution in [0.25, 0.3) is 0 Å². The quantitative estimate of drug-likeness (QED) is 0.708. The summed E-state index contributed by atoms with van der Waals surface area (Å²) in [6, 6.07) is 14.9. The van der Waals surface area contributed by atoms with E-state index in [0.29, 0.717) is 5.56 Å². The summed E-state index contributed by atoms with van der Waals surface area (Å²) in [5.41, 5.74) is 2.45. The first kappa shape index (κ1) is 14.9. The molecule has 0 aromatic heterocycles. The second kappa shape index (κ2) is 5.64. The molecule has 1 saturated carbocycles. The van der Waals surface area contributed by atoms with Gasteiger partial charge in [-0.05, 0) is 42.3 Å². The van der Waals surface area contributed by atoms with Gasteiger partial charge in [-0.1, -0.05) is 34.1 Å². The summed E-state index contributed by atoms with van der Waals surface area (Å²) in [4.78, 5) is 12.1. The molecule has 0 saturated heterocycles. The number of benzene rings is 2. The molecule has 2 aromatic carbocycles. The summed E-state index contributed by atoms with van der Waals surface area (Å²) < 4.78 is 0.251. The van der Waals surface area contributed by atoms with Crippen LogP contribution >= 0.6 is 39.1 Å². The van der Waals surface area contributed by atoms with Crippen molar-refractivity contribution in [3.05, 3.63) is 64.1 Å². The predicted molar refractivity (Wildman–Crippen MR) is 90.3 cm³/mol.